The Morgan fingerprint density at radius 3 is 2.84 bits per heavy atom. The molecule has 11 heteroatoms. The average Bonchev–Trinajstić information content (AvgIpc) is 3.38. The Bertz CT molecular complexity index is 1450. The molecule has 3 aromatic heterocycles. The van der Waals surface area contributed by atoms with Gasteiger partial charge in [-0.3, -0.25) is 4.98 Å². The zero-order valence-electron chi connectivity index (χ0n) is 16.6. The molecule has 31 heavy (non-hydrogen) atoms. The molecular weight excluding hydrogens is 464 g/mol. The van der Waals surface area contributed by atoms with Gasteiger partial charge < -0.3 is 15.0 Å². The lowest BCUT2D eigenvalue weighted by Crippen LogP contribution is -2.28. The number of hydrogen-bond donors (Lipinski definition) is 3. The van der Waals surface area contributed by atoms with Gasteiger partial charge in [-0.25, -0.2) is 9.79 Å². The lowest BCUT2D eigenvalue weighted by Gasteiger charge is -2.17. The van der Waals surface area contributed by atoms with Gasteiger partial charge in [0, 0.05) is 23.3 Å². The van der Waals surface area contributed by atoms with E-state index in [1.807, 2.05) is 36.2 Å². The first kappa shape index (κ1) is 19.5. The molecule has 1 aromatic carbocycles. The van der Waals surface area contributed by atoms with E-state index in [1.54, 1.807) is 16.8 Å². The van der Waals surface area contributed by atoms with Gasteiger partial charge in [-0.05, 0) is 30.5 Å². The predicted octanol–water partition coefficient (Wildman–Crippen LogP) is 0.856. The summed E-state index contributed by atoms with van der Waals surface area (Å²) in [5.74, 6) is 0.261. The van der Waals surface area contributed by atoms with Gasteiger partial charge in [0.05, 0.1) is 12.2 Å². The van der Waals surface area contributed by atoms with E-state index in [9.17, 15) is 9.90 Å². The number of aromatic hydroxyl groups is 1. The second-order valence-electron chi connectivity index (χ2n) is 7.45. The Balaban J connectivity index is 1.64. The standard InChI is InChI=1S/C20H19BrN8O2/c1-28(10-11-4-2-3-5-14(11)21)18-25-16-12(8-15-17(30)26-20(31)24-15)9-22-29(16)19(27-18)23-13-6-7-13/h2-5,8-9,13,30H,6-7,10H2,1H3,(H2,24,26,31). The van der Waals surface area contributed by atoms with Crippen molar-refractivity contribution in [3.63, 3.8) is 0 Å². The first-order valence-corrected chi connectivity index (χ1v) is 10.5. The molecular formula is C20H19BrN8O2. The molecule has 0 aliphatic heterocycles. The van der Waals surface area contributed by atoms with Gasteiger partial charge in [0.25, 0.3) is 5.62 Å². The summed E-state index contributed by atoms with van der Waals surface area (Å²) in [7, 11) is 1.92. The summed E-state index contributed by atoms with van der Waals surface area (Å²) in [6.45, 7) is 0.597. The molecule has 1 saturated carbocycles. The number of benzene rings is 1. The van der Waals surface area contributed by atoms with Gasteiger partial charge >= 0.3 is 5.69 Å². The van der Waals surface area contributed by atoms with E-state index in [4.69, 9.17) is 9.98 Å². The fourth-order valence-electron chi connectivity index (χ4n) is 3.19. The Hall–Kier alpha value is -3.47. The molecule has 0 radical (unpaired) electrons. The highest BCUT2D eigenvalue weighted by Gasteiger charge is 2.21. The van der Waals surface area contributed by atoms with Crippen LogP contribution in [0.4, 0.5) is 5.95 Å². The molecule has 4 aromatic rings. The van der Waals surface area contributed by atoms with Crippen LogP contribution in [0.2, 0.25) is 0 Å². The van der Waals surface area contributed by atoms with Crippen LogP contribution in [0.1, 0.15) is 24.1 Å². The average molecular weight is 483 g/mol. The number of aromatic amines is 2. The maximum absolute atomic E-state index is 11.5. The minimum atomic E-state index is -0.492. The smallest absolute Gasteiger partial charge is 0.326 e. The van der Waals surface area contributed by atoms with Gasteiger partial charge in [0.2, 0.25) is 11.8 Å². The molecule has 0 spiro atoms. The summed E-state index contributed by atoms with van der Waals surface area (Å²) < 4.78 is 2.60. The summed E-state index contributed by atoms with van der Waals surface area (Å²) in [5.41, 5.74) is 1.87. The first-order chi connectivity index (χ1) is 15.0. The van der Waals surface area contributed by atoms with Crippen LogP contribution in [0.25, 0.3) is 11.7 Å². The summed E-state index contributed by atoms with van der Waals surface area (Å²) >= 11 is 3.58. The number of fused-ring (bicyclic) bond motifs is 1. The van der Waals surface area contributed by atoms with Crippen LogP contribution >= 0.6 is 15.9 Å². The molecule has 0 bridgehead atoms. The minimum absolute atomic E-state index is 0.243. The lowest BCUT2D eigenvalue weighted by atomic mass is 10.2. The number of H-pyrrole nitrogens is 2. The molecule has 0 unspecified atom stereocenters. The van der Waals surface area contributed by atoms with Crippen molar-refractivity contribution < 1.29 is 5.11 Å². The zero-order valence-corrected chi connectivity index (χ0v) is 18.2. The Labute approximate surface area is 184 Å². The highest BCUT2D eigenvalue weighted by molar-refractivity contribution is 9.10. The van der Waals surface area contributed by atoms with Crippen molar-refractivity contribution in [2.24, 2.45) is 4.99 Å². The maximum Gasteiger partial charge on any atom is 0.326 e. The van der Waals surface area contributed by atoms with Crippen LogP contribution in [0, 0.1) is 0 Å². The van der Waals surface area contributed by atoms with Gasteiger partial charge in [-0.2, -0.15) is 19.6 Å². The number of halogens is 1. The second kappa shape index (κ2) is 7.65. The molecule has 0 amide bonds. The van der Waals surface area contributed by atoms with Gasteiger partial charge in [-0.1, -0.05) is 34.1 Å². The van der Waals surface area contributed by atoms with Crippen molar-refractivity contribution in [2.45, 2.75) is 25.4 Å². The van der Waals surface area contributed by atoms with Gasteiger partial charge in [-0.15, -0.1) is 0 Å². The SMILES string of the molecule is CN(Cc1ccccc1Br)c1nc(=NC2CC2)n2ncc(=Cc3[nH]c(=O)[nH]c3O)c2n1. The van der Waals surface area contributed by atoms with Crippen LogP contribution in [0.3, 0.4) is 0 Å². The van der Waals surface area contributed by atoms with E-state index in [0.29, 0.717) is 29.0 Å². The number of imidazole rings is 1. The third-order valence-electron chi connectivity index (χ3n) is 4.95. The van der Waals surface area contributed by atoms with Crippen molar-refractivity contribution in [1.82, 2.24) is 29.5 Å². The largest absolute Gasteiger partial charge is 0.493 e. The Morgan fingerprint density at radius 2 is 2.13 bits per heavy atom. The zero-order chi connectivity index (χ0) is 21.5. The summed E-state index contributed by atoms with van der Waals surface area (Å²) in [4.78, 5) is 32.3. The van der Waals surface area contributed by atoms with Crippen LogP contribution < -0.4 is 21.4 Å². The molecule has 1 aliphatic carbocycles. The number of anilines is 1. The maximum atomic E-state index is 11.5. The van der Waals surface area contributed by atoms with Crippen LogP contribution in [0.15, 0.2) is 44.7 Å². The van der Waals surface area contributed by atoms with Gasteiger partial charge in [0.1, 0.15) is 5.69 Å². The summed E-state index contributed by atoms with van der Waals surface area (Å²) in [5, 5.41) is 14.9. The molecule has 5 rings (SSSR count). The summed E-state index contributed by atoms with van der Waals surface area (Å²) in [6.07, 6.45) is 5.29. The van der Waals surface area contributed by atoms with Crippen molar-refractivity contribution in [2.75, 3.05) is 11.9 Å². The molecule has 10 nitrogen and oxygen atoms in total. The van der Waals surface area contributed by atoms with E-state index < -0.39 is 5.69 Å². The van der Waals surface area contributed by atoms with E-state index >= 15 is 0 Å². The lowest BCUT2D eigenvalue weighted by molar-refractivity contribution is 0.454. The van der Waals surface area contributed by atoms with Crippen LogP contribution in [-0.4, -0.2) is 47.7 Å². The predicted molar refractivity (Wildman–Crippen MR) is 117 cm³/mol. The second-order valence-corrected chi connectivity index (χ2v) is 8.31. The van der Waals surface area contributed by atoms with E-state index in [-0.39, 0.29) is 17.6 Å². The molecule has 0 saturated heterocycles. The van der Waals surface area contributed by atoms with Crippen LogP contribution in [-0.2, 0) is 6.54 Å². The first-order valence-electron chi connectivity index (χ1n) is 9.75. The third-order valence-corrected chi connectivity index (χ3v) is 5.73. The number of nitrogens with one attached hydrogen (secondary N) is 2. The normalized spacial score (nSPS) is 15.2. The van der Waals surface area contributed by atoms with E-state index in [2.05, 4.69) is 36.0 Å². The van der Waals surface area contributed by atoms with Crippen molar-refractivity contribution in [1.29, 1.82) is 0 Å². The summed E-state index contributed by atoms with van der Waals surface area (Å²) in [6, 6.07) is 8.24. The molecule has 3 N–H and O–H groups in total. The molecule has 1 fully saturated rings. The van der Waals surface area contributed by atoms with Crippen molar-refractivity contribution in [3.05, 3.63) is 67.5 Å². The highest BCUT2D eigenvalue weighted by atomic mass is 79.9. The molecule has 3 heterocycles. The molecule has 158 valence electrons. The highest BCUT2D eigenvalue weighted by Crippen LogP contribution is 2.22. The number of rotatable bonds is 5. The Kier molecular flexibility index (Phi) is 4.81. The quantitative estimate of drug-likeness (QED) is 0.387. The number of hydrogen-bond acceptors (Lipinski definition) is 7. The molecule has 0 atom stereocenters. The van der Waals surface area contributed by atoms with Crippen molar-refractivity contribution >= 4 is 33.6 Å². The van der Waals surface area contributed by atoms with Crippen molar-refractivity contribution in [3.8, 4) is 5.88 Å². The van der Waals surface area contributed by atoms with Crippen LogP contribution in [0.5, 0.6) is 5.88 Å². The molecule has 1 aliphatic rings. The topological polar surface area (TPSA) is 128 Å². The van der Waals surface area contributed by atoms with E-state index in [1.165, 1.54) is 0 Å². The third kappa shape index (κ3) is 3.96. The minimum Gasteiger partial charge on any atom is -0.493 e. The van der Waals surface area contributed by atoms with E-state index in [0.717, 1.165) is 22.9 Å². The number of nitrogens with zero attached hydrogens (tertiary/aromatic N) is 6. The fourth-order valence-corrected chi connectivity index (χ4v) is 3.60. The number of aromatic nitrogens is 6. The van der Waals surface area contributed by atoms with Gasteiger partial charge in [0.15, 0.2) is 5.65 Å². The monoisotopic (exact) mass is 482 g/mol. The fraction of sp³-hybridized carbons (Fsp3) is 0.250. The Morgan fingerprint density at radius 1 is 1.32 bits per heavy atom.